The predicted octanol–water partition coefficient (Wildman–Crippen LogP) is 1.61. The van der Waals surface area contributed by atoms with Crippen LogP contribution in [-0.4, -0.2) is 32.4 Å². The van der Waals surface area contributed by atoms with Crippen LogP contribution in [0.2, 0.25) is 0 Å². The van der Waals surface area contributed by atoms with Crippen molar-refractivity contribution in [2.24, 2.45) is 5.84 Å². The van der Waals surface area contributed by atoms with Gasteiger partial charge in [0, 0.05) is 6.04 Å². The van der Waals surface area contributed by atoms with Crippen LogP contribution in [0.4, 0.5) is 17.5 Å². The van der Waals surface area contributed by atoms with Crippen molar-refractivity contribution in [2.75, 3.05) is 22.2 Å². The zero-order valence-corrected chi connectivity index (χ0v) is 11.7. The van der Waals surface area contributed by atoms with Crippen LogP contribution in [-0.2, 0) is 0 Å². The molecule has 8 nitrogen and oxygen atoms in total. The van der Waals surface area contributed by atoms with Gasteiger partial charge in [0.15, 0.2) is 0 Å². The lowest BCUT2D eigenvalue weighted by atomic mass is 10.2. The molecule has 1 aromatic rings. The molecule has 0 radical (unpaired) electrons. The van der Waals surface area contributed by atoms with E-state index in [9.17, 15) is 10.1 Å². The zero-order chi connectivity index (χ0) is 14.3. The molecule has 0 bridgehead atoms. The van der Waals surface area contributed by atoms with E-state index in [1.807, 2.05) is 18.7 Å². The molecule has 0 aliphatic rings. The Hall–Kier alpha value is -1.61. The average Bonchev–Trinajstić information content (AvgIpc) is 2.38. The first-order chi connectivity index (χ1) is 9.08. The van der Waals surface area contributed by atoms with Crippen LogP contribution in [0.5, 0.6) is 0 Å². The maximum absolute atomic E-state index is 10.9. The fourth-order valence-corrected chi connectivity index (χ4v) is 2.20. The van der Waals surface area contributed by atoms with Crippen LogP contribution in [0, 0.1) is 10.1 Å². The molecule has 1 aromatic heterocycles. The molecule has 0 aliphatic heterocycles. The molecule has 0 saturated heterocycles. The van der Waals surface area contributed by atoms with Crippen molar-refractivity contribution in [1.82, 2.24) is 9.97 Å². The van der Waals surface area contributed by atoms with E-state index in [1.54, 1.807) is 0 Å². The number of nitrogen functional groups attached to an aromatic ring is 1. The minimum Gasteiger partial charge on any atom is -0.362 e. The Morgan fingerprint density at radius 1 is 1.63 bits per heavy atom. The zero-order valence-electron chi connectivity index (χ0n) is 10.9. The fraction of sp³-hybridized carbons (Fsp3) is 0.600. The molecule has 0 aliphatic carbocycles. The van der Waals surface area contributed by atoms with Crippen molar-refractivity contribution in [3.05, 3.63) is 16.3 Å². The Balaban J connectivity index is 2.76. The molecule has 0 saturated carbocycles. The van der Waals surface area contributed by atoms with Gasteiger partial charge in [-0.1, -0.05) is 6.92 Å². The fourth-order valence-electron chi connectivity index (χ4n) is 1.39. The molecule has 9 heteroatoms. The van der Waals surface area contributed by atoms with Crippen LogP contribution < -0.4 is 16.6 Å². The molecule has 1 rings (SSSR count). The van der Waals surface area contributed by atoms with Gasteiger partial charge in [0.25, 0.3) is 0 Å². The van der Waals surface area contributed by atoms with Gasteiger partial charge in [0.2, 0.25) is 11.8 Å². The number of anilines is 2. The highest BCUT2D eigenvalue weighted by Crippen LogP contribution is 2.23. The second-order valence-corrected chi connectivity index (χ2v) is 5.25. The summed E-state index contributed by atoms with van der Waals surface area (Å²) in [5.74, 6) is 7.57. The van der Waals surface area contributed by atoms with Gasteiger partial charge in [-0.3, -0.25) is 15.5 Å². The molecule has 0 amide bonds. The van der Waals surface area contributed by atoms with E-state index in [0.717, 1.165) is 24.1 Å². The van der Waals surface area contributed by atoms with Crippen LogP contribution in [0.15, 0.2) is 6.20 Å². The Morgan fingerprint density at radius 2 is 2.37 bits per heavy atom. The normalized spacial score (nSPS) is 11.9. The predicted molar refractivity (Wildman–Crippen MR) is 77.2 cm³/mol. The highest BCUT2D eigenvalue weighted by atomic mass is 32.2. The number of rotatable bonds is 8. The first kappa shape index (κ1) is 15.4. The molecule has 4 N–H and O–H groups in total. The molecule has 1 heterocycles. The average molecular weight is 286 g/mol. The highest BCUT2D eigenvalue weighted by Gasteiger charge is 2.18. The summed E-state index contributed by atoms with van der Waals surface area (Å²) in [7, 11) is 0. The summed E-state index contributed by atoms with van der Waals surface area (Å²) in [4.78, 5) is 18.1. The summed E-state index contributed by atoms with van der Waals surface area (Å²) in [5, 5.41) is 13.9. The number of hydrogen-bond acceptors (Lipinski definition) is 8. The quantitative estimate of drug-likeness (QED) is 0.285. The van der Waals surface area contributed by atoms with Crippen molar-refractivity contribution in [1.29, 1.82) is 0 Å². The summed E-state index contributed by atoms with van der Waals surface area (Å²) in [6.07, 6.45) is 2.03. The van der Waals surface area contributed by atoms with E-state index in [-0.39, 0.29) is 23.5 Å². The molecule has 0 spiro atoms. The first-order valence-electron chi connectivity index (χ1n) is 5.90. The van der Waals surface area contributed by atoms with Gasteiger partial charge in [-0.25, -0.2) is 10.8 Å². The number of nitrogens with one attached hydrogen (secondary N) is 2. The molecule has 1 unspecified atom stereocenters. The second kappa shape index (κ2) is 7.74. The number of hydrogen-bond donors (Lipinski definition) is 3. The Bertz CT molecular complexity index is 430. The summed E-state index contributed by atoms with van der Waals surface area (Å²) in [5.41, 5.74) is 2.11. The Labute approximate surface area is 115 Å². The highest BCUT2D eigenvalue weighted by molar-refractivity contribution is 7.99. The van der Waals surface area contributed by atoms with Crippen LogP contribution >= 0.6 is 11.8 Å². The maximum atomic E-state index is 10.9. The van der Waals surface area contributed by atoms with Gasteiger partial charge >= 0.3 is 5.69 Å². The van der Waals surface area contributed by atoms with Crippen molar-refractivity contribution >= 4 is 29.2 Å². The van der Waals surface area contributed by atoms with Gasteiger partial charge in [-0.15, -0.1) is 0 Å². The molecule has 19 heavy (non-hydrogen) atoms. The van der Waals surface area contributed by atoms with Gasteiger partial charge in [-0.05, 0) is 24.9 Å². The Morgan fingerprint density at radius 3 is 2.95 bits per heavy atom. The minimum absolute atomic E-state index is 0.0817. The smallest absolute Gasteiger partial charge is 0.329 e. The minimum atomic E-state index is -0.518. The molecule has 0 fully saturated rings. The molecule has 0 aromatic carbocycles. The number of hydrazine groups is 1. The summed E-state index contributed by atoms with van der Waals surface area (Å²) < 4.78 is 0. The third-order valence-corrected chi connectivity index (χ3v) is 3.31. The van der Waals surface area contributed by atoms with Crippen molar-refractivity contribution in [3.63, 3.8) is 0 Å². The maximum Gasteiger partial charge on any atom is 0.329 e. The van der Waals surface area contributed by atoms with Crippen molar-refractivity contribution in [2.45, 2.75) is 26.3 Å². The molecular weight excluding hydrogens is 268 g/mol. The van der Waals surface area contributed by atoms with Gasteiger partial charge < -0.3 is 5.32 Å². The van der Waals surface area contributed by atoms with E-state index >= 15 is 0 Å². The monoisotopic (exact) mass is 286 g/mol. The van der Waals surface area contributed by atoms with Gasteiger partial charge in [0.05, 0.1) is 4.92 Å². The summed E-state index contributed by atoms with van der Waals surface area (Å²) >= 11 is 1.83. The van der Waals surface area contributed by atoms with E-state index in [4.69, 9.17) is 5.84 Å². The number of thioether (sulfide) groups is 1. The SMILES string of the molecule is CCSCCC(C)Nc1nc(NN)ncc1[N+](=O)[O-]. The topological polar surface area (TPSA) is 119 Å². The number of nitro groups is 1. The molecular formula is C10H18N6O2S. The van der Waals surface area contributed by atoms with Crippen molar-refractivity contribution < 1.29 is 4.92 Å². The van der Waals surface area contributed by atoms with E-state index in [2.05, 4.69) is 27.6 Å². The lowest BCUT2D eigenvalue weighted by Crippen LogP contribution is -2.19. The third kappa shape index (κ3) is 4.87. The first-order valence-corrected chi connectivity index (χ1v) is 7.06. The number of nitrogens with zero attached hydrogens (tertiary/aromatic N) is 3. The molecule has 1 atom stereocenters. The van der Waals surface area contributed by atoms with Gasteiger partial charge in [-0.2, -0.15) is 16.7 Å². The third-order valence-electron chi connectivity index (χ3n) is 2.38. The van der Waals surface area contributed by atoms with E-state index in [0.29, 0.717) is 0 Å². The van der Waals surface area contributed by atoms with Crippen molar-refractivity contribution in [3.8, 4) is 0 Å². The van der Waals surface area contributed by atoms with Crippen LogP contribution in [0.1, 0.15) is 20.3 Å². The van der Waals surface area contributed by atoms with E-state index < -0.39 is 4.92 Å². The lowest BCUT2D eigenvalue weighted by Gasteiger charge is -2.14. The Kier molecular flexibility index (Phi) is 6.30. The largest absolute Gasteiger partial charge is 0.362 e. The summed E-state index contributed by atoms with van der Waals surface area (Å²) in [6.45, 7) is 4.05. The van der Waals surface area contributed by atoms with Crippen LogP contribution in [0.25, 0.3) is 0 Å². The van der Waals surface area contributed by atoms with Crippen LogP contribution in [0.3, 0.4) is 0 Å². The second-order valence-electron chi connectivity index (χ2n) is 3.86. The van der Waals surface area contributed by atoms with E-state index in [1.165, 1.54) is 0 Å². The lowest BCUT2D eigenvalue weighted by molar-refractivity contribution is -0.384. The number of aromatic nitrogens is 2. The summed E-state index contributed by atoms with van der Waals surface area (Å²) in [6, 6.07) is 0.0817. The molecule has 106 valence electrons. The standard InChI is InChI=1S/C10H18N6O2S/c1-3-19-5-4-7(2)13-9-8(16(17)18)6-12-10(14-9)15-11/h6-7H,3-5,11H2,1-2H3,(H2,12,13,14,15). The number of nitrogens with two attached hydrogens (primary N) is 1. The van der Waals surface area contributed by atoms with Gasteiger partial charge in [0.1, 0.15) is 6.20 Å².